The summed E-state index contributed by atoms with van der Waals surface area (Å²) in [5, 5.41) is 3.51. The van der Waals surface area contributed by atoms with Gasteiger partial charge >= 0.3 is 0 Å². The molecule has 1 fully saturated rings. The summed E-state index contributed by atoms with van der Waals surface area (Å²) in [7, 11) is 0. The topological polar surface area (TPSA) is 12.0 Å². The lowest BCUT2D eigenvalue weighted by molar-refractivity contribution is 0.603. The molecule has 1 N–H and O–H groups in total. The van der Waals surface area contributed by atoms with Crippen molar-refractivity contribution in [3.63, 3.8) is 0 Å². The van der Waals surface area contributed by atoms with E-state index in [4.69, 9.17) is 0 Å². The summed E-state index contributed by atoms with van der Waals surface area (Å²) < 4.78 is 0. The molecule has 1 rings (SSSR count). The van der Waals surface area contributed by atoms with Gasteiger partial charge in [-0.15, -0.1) is 6.58 Å². The number of hydrogen-bond donors (Lipinski definition) is 1. The van der Waals surface area contributed by atoms with Crippen molar-refractivity contribution in [2.45, 2.75) is 44.6 Å². The predicted octanol–water partition coefficient (Wildman–Crippen LogP) is 2.48. The number of nitrogens with one attached hydrogen (secondary N) is 1. The third kappa shape index (κ3) is 5.02. The first-order valence-corrected chi connectivity index (χ1v) is 4.78. The molecule has 1 nitrogen and oxygen atoms in total. The van der Waals surface area contributed by atoms with Gasteiger partial charge in [0.15, 0.2) is 0 Å². The van der Waals surface area contributed by atoms with Gasteiger partial charge in [0, 0.05) is 6.04 Å². The summed E-state index contributed by atoms with van der Waals surface area (Å²) in [6.07, 6.45) is 10.0. The Hall–Kier alpha value is -0.300. The van der Waals surface area contributed by atoms with Crippen LogP contribution in [0.5, 0.6) is 0 Å². The van der Waals surface area contributed by atoms with Gasteiger partial charge in [0.1, 0.15) is 0 Å². The van der Waals surface area contributed by atoms with E-state index in [1.54, 1.807) is 0 Å². The van der Waals surface area contributed by atoms with E-state index in [-0.39, 0.29) is 0 Å². The van der Waals surface area contributed by atoms with Gasteiger partial charge < -0.3 is 5.32 Å². The number of hydrogen-bond acceptors (Lipinski definition) is 1. The Kier molecular flexibility index (Phi) is 4.29. The number of unbranched alkanes of at least 4 members (excludes halogenated alkanes) is 3. The van der Waals surface area contributed by atoms with E-state index < -0.39 is 0 Å². The highest BCUT2D eigenvalue weighted by Crippen LogP contribution is 2.18. The quantitative estimate of drug-likeness (QED) is 0.437. The minimum Gasteiger partial charge on any atom is -0.314 e. The first-order chi connectivity index (χ1) is 5.43. The first kappa shape index (κ1) is 8.79. The SMILES string of the molecule is C=CCCCCCNC1CC1. The minimum absolute atomic E-state index is 0.884. The fourth-order valence-corrected chi connectivity index (χ4v) is 1.18. The maximum atomic E-state index is 3.70. The van der Waals surface area contributed by atoms with Crippen LogP contribution >= 0.6 is 0 Å². The molecule has 1 aliphatic rings. The van der Waals surface area contributed by atoms with Crippen LogP contribution in [0.4, 0.5) is 0 Å². The van der Waals surface area contributed by atoms with Crippen molar-refractivity contribution < 1.29 is 0 Å². The molecule has 0 aromatic heterocycles. The van der Waals surface area contributed by atoms with Crippen LogP contribution in [0.15, 0.2) is 12.7 Å². The second kappa shape index (κ2) is 5.36. The molecule has 0 atom stereocenters. The maximum absolute atomic E-state index is 3.70. The van der Waals surface area contributed by atoms with Gasteiger partial charge in [-0.3, -0.25) is 0 Å². The van der Waals surface area contributed by atoms with Crippen LogP contribution in [0, 0.1) is 0 Å². The largest absolute Gasteiger partial charge is 0.314 e. The van der Waals surface area contributed by atoms with Gasteiger partial charge in [0.25, 0.3) is 0 Å². The van der Waals surface area contributed by atoms with Gasteiger partial charge in [-0.1, -0.05) is 12.5 Å². The van der Waals surface area contributed by atoms with Crippen LogP contribution in [-0.2, 0) is 0 Å². The first-order valence-electron chi connectivity index (χ1n) is 4.78. The molecule has 0 bridgehead atoms. The van der Waals surface area contributed by atoms with Crippen molar-refractivity contribution in [2.24, 2.45) is 0 Å². The lowest BCUT2D eigenvalue weighted by Crippen LogP contribution is -2.17. The molecule has 0 unspecified atom stereocenters. The highest BCUT2D eigenvalue weighted by molar-refractivity contribution is 4.80. The van der Waals surface area contributed by atoms with Gasteiger partial charge in [0.05, 0.1) is 0 Å². The molecule has 64 valence electrons. The van der Waals surface area contributed by atoms with E-state index in [0.717, 1.165) is 6.04 Å². The van der Waals surface area contributed by atoms with Gasteiger partial charge in [0.2, 0.25) is 0 Å². The molecule has 1 heteroatoms. The van der Waals surface area contributed by atoms with Crippen LogP contribution < -0.4 is 5.32 Å². The van der Waals surface area contributed by atoms with Crippen molar-refractivity contribution in [2.75, 3.05) is 6.54 Å². The van der Waals surface area contributed by atoms with Crippen molar-refractivity contribution in [3.05, 3.63) is 12.7 Å². The summed E-state index contributed by atoms with van der Waals surface area (Å²) in [4.78, 5) is 0. The van der Waals surface area contributed by atoms with Gasteiger partial charge in [-0.25, -0.2) is 0 Å². The van der Waals surface area contributed by atoms with E-state index in [0.29, 0.717) is 0 Å². The fourth-order valence-electron chi connectivity index (χ4n) is 1.18. The van der Waals surface area contributed by atoms with Gasteiger partial charge in [-0.2, -0.15) is 0 Å². The molecule has 0 amide bonds. The van der Waals surface area contributed by atoms with Crippen molar-refractivity contribution in [1.29, 1.82) is 0 Å². The van der Waals surface area contributed by atoms with E-state index >= 15 is 0 Å². The Morgan fingerprint density at radius 3 is 2.73 bits per heavy atom. The zero-order valence-corrected chi connectivity index (χ0v) is 7.31. The van der Waals surface area contributed by atoms with Crippen molar-refractivity contribution in [1.82, 2.24) is 5.32 Å². The third-order valence-electron chi connectivity index (χ3n) is 2.10. The van der Waals surface area contributed by atoms with Crippen LogP contribution in [-0.4, -0.2) is 12.6 Å². The molecule has 0 heterocycles. The van der Waals surface area contributed by atoms with Crippen LogP contribution in [0.3, 0.4) is 0 Å². The molecule has 0 aliphatic heterocycles. The lowest BCUT2D eigenvalue weighted by atomic mass is 10.2. The molecule has 0 saturated heterocycles. The number of rotatable bonds is 7. The Bertz CT molecular complexity index is 105. The highest BCUT2D eigenvalue weighted by atomic mass is 14.9. The Labute approximate surface area is 69.9 Å². The van der Waals surface area contributed by atoms with E-state index in [1.165, 1.54) is 45.1 Å². The van der Waals surface area contributed by atoms with Crippen molar-refractivity contribution in [3.8, 4) is 0 Å². The van der Waals surface area contributed by atoms with E-state index in [9.17, 15) is 0 Å². The molecular formula is C10H19N. The zero-order chi connectivity index (χ0) is 7.94. The van der Waals surface area contributed by atoms with Crippen molar-refractivity contribution >= 4 is 0 Å². The molecule has 1 aliphatic carbocycles. The molecule has 0 radical (unpaired) electrons. The monoisotopic (exact) mass is 153 g/mol. The second-order valence-corrected chi connectivity index (χ2v) is 3.37. The summed E-state index contributed by atoms with van der Waals surface area (Å²) in [5.41, 5.74) is 0. The standard InChI is InChI=1S/C10H19N/c1-2-3-4-5-6-9-11-10-7-8-10/h2,10-11H,1,3-9H2. The predicted molar refractivity (Wildman–Crippen MR) is 49.7 cm³/mol. The summed E-state index contributed by atoms with van der Waals surface area (Å²) in [6, 6.07) is 0.884. The smallest absolute Gasteiger partial charge is 0.00682 e. The Balaban J connectivity index is 1.69. The third-order valence-corrected chi connectivity index (χ3v) is 2.10. The fraction of sp³-hybridized carbons (Fsp3) is 0.800. The van der Waals surface area contributed by atoms with Crippen LogP contribution in [0.1, 0.15) is 38.5 Å². The summed E-state index contributed by atoms with van der Waals surface area (Å²) in [6.45, 7) is 4.93. The molecular weight excluding hydrogens is 134 g/mol. The van der Waals surface area contributed by atoms with E-state index in [1.807, 2.05) is 6.08 Å². The van der Waals surface area contributed by atoms with Crippen LogP contribution in [0.2, 0.25) is 0 Å². The molecule has 0 aromatic rings. The molecule has 11 heavy (non-hydrogen) atoms. The Morgan fingerprint density at radius 1 is 1.27 bits per heavy atom. The zero-order valence-electron chi connectivity index (χ0n) is 7.31. The average molecular weight is 153 g/mol. The van der Waals surface area contributed by atoms with Gasteiger partial charge in [-0.05, 0) is 38.6 Å². The summed E-state index contributed by atoms with van der Waals surface area (Å²) in [5.74, 6) is 0. The highest BCUT2D eigenvalue weighted by Gasteiger charge is 2.19. The minimum atomic E-state index is 0.884. The second-order valence-electron chi connectivity index (χ2n) is 3.37. The molecule has 1 saturated carbocycles. The van der Waals surface area contributed by atoms with Crippen LogP contribution in [0.25, 0.3) is 0 Å². The maximum Gasteiger partial charge on any atom is 0.00682 e. The summed E-state index contributed by atoms with van der Waals surface area (Å²) >= 11 is 0. The Morgan fingerprint density at radius 2 is 2.09 bits per heavy atom. The number of allylic oxidation sites excluding steroid dienone is 1. The lowest BCUT2D eigenvalue weighted by Gasteiger charge is -2.00. The van der Waals surface area contributed by atoms with E-state index in [2.05, 4.69) is 11.9 Å². The average Bonchev–Trinajstić information content (AvgIpc) is 2.80. The molecule has 0 aromatic carbocycles. The normalized spacial score (nSPS) is 16.7. The molecule has 0 spiro atoms.